The van der Waals surface area contributed by atoms with E-state index >= 15 is 0 Å². The molecule has 3 rings (SSSR count). The number of hydrogen-bond acceptors (Lipinski definition) is 3. The molecule has 0 bridgehead atoms. The fourth-order valence-corrected chi connectivity index (χ4v) is 2.66. The fourth-order valence-electron chi connectivity index (χ4n) is 2.66. The maximum atomic E-state index is 12.8. The molecule has 1 aromatic carbocycles. The molecule has 1 saturated carbocycles. The van der Waals surface area contributed by atoms with Crippen molar-refractivity contribution in [3.63, 3.8) is 0 Å². The van der Waals surface area contributed by atoms with Crippen LogP contribution in [-0.2, 0) is 17.5 Å². The number of nitrogens with one attached hydrogen (secondary N) is 1. The SMILES string of the molecule is CC1(CCC(=O)NCc2cccnc2Oc2cccc(C(F)(F)F)c2)CC1. The van der Waals surface area contributed by atoms with Crippen molar-refractivity contribution in [2.24, 2.45) is 5.41 Å². The van der Waals surface area contributed by atoms with E-state index in [1.807, 2.05) is 0 Å². The molecule has 0 spiro atoms. The lowest BCUT2D eigenvalue weighted by Crippen LogP contribution is -2.23. The van der Waals surface area contributed by atoms with Gasteiger partial charge in [-0.2, -0.15) is 13.2 Å². The zero-order valence-corrected chi connectivity index (χ0v) is 15.0. The first-order valence-corrected chi connectivity index (χ1v) is 8.81. The number of carbonyl (C=O) groups is 1. The number of nitrogens with zero attached hydrogens (tertiary/aromatic N) is 1. The molecule has 2 aromatic rings. The van der Waals surface area contributed by atoms with Gasteiger partial charge in [-0.15, -0.1) is 0 Å². The molecule has 1 amide bonds. The third-order valence-corrected chi connectivity index (χ3v) is 4.76. The van der Waals surface area contributed by atoms with Gasteiger partial charge in [0.1, 0.15) is 5.75 Å². The lowest BCUT2D eigenvalue weighted by atomic mass is 10.0. The molecule has 1 N–H and O–H groups in total. The van der Waals surface area contributed by atoms with Crippen LogP contribution < -0.4 is 10.1 Å². The third kappa shape index (κ3) is 5.45. The van der Waals surface area contributed by atoms with Crippen LogP contribution in [0, 0.1) is 5.41 Å². The molecule has 1 fully saturated rings. The predicted molar refractivity (Wildman–Crippen MR) is 94.2 cm³/mol. The molecule has 1 aliphatic rings. The highest BCUT2D eigenvalue weighted by Crippen LogP contribution is 2.48. The number of hydrogen-bond donors (Lipinski definition) is 1. The summed E-state index contributed by atoms with van der Waals surface area (Å²) >= 11 is 0. The van der Waals surface area contributed by atoms with Gasteiger partial charge in [-0.25, -0.2) is 4.98 Å². The number of rotatable bonds is 7. The Hall–Kier alpha value is -2.57. The van der Waals surface area contributed by atoms with Crippen molar-refractivity contribution in [3.05, 3.63) is 53.7 Å². The van der Waals surface area contributed by atoms with Crippen molar-refractivity contribution in [3.8, 4) is 11.6 Å². The average Bonchev–Trinajstić information content (AvgIpc) is 3.37. The number of alkyl halides is 3. The van der Waals surface area contributed by atoms with Crippen LogP contribution >= 0.6 is 0 Å². The van der Waals surface area contributed by atoms with Crippen molar-refractivity contribution >= 4 is 5.91 Å². The Morgan fingerprint density at radius 2 is 2.04 bits per heavy atom. The van der Waals surface area contributed by atoms with Gasteiger partial charge < -0.3 is 10.1 Å². The van der Waals surface area contributed by atoms with Crippen LogP contribution in [0.3, 0.4) is 0 Å². The molecule has 1 aromatic heterocycles. The minimum Gasteiger partial charge on any atom is -0.439 e. The van der Waals surface area contributed by atoms with Crippen LogP contribution in [0.15, 0.2) is 42.6 Å². The Kier molecular flexibility index (Phi) is 5.39. The molecule has 144 valence electrons. The molecule has 1 aliphatic carbocycles. The summed E-state index contributed by atoms with van der Waals surface area (Å²) in [4.78, 5) is 16.1. The highest BCUT2D eigenvalue weighted by Gasteiger charge is 2.36. The summed E-state index contributed by atoms with van der Waals surface area (Å²) in [6.07, 6.45) is 0.691. The summed E-state index contributed by atoms with van der Waals surface area (Å²) in [5, 5.41) is 2.82. The highest BCUT2D eigenvalue weighted by atomic mass is 19.4. The topological polar surface area (TPSA) is 51.2 Å². The van der Waals surface area contributed by atoms with E-state index in [9.17, 15) is 18.0 Å². The maximum Gasteiger partial charge on any atom is 0.416 e. The largest absolute Gasteiger partial charge is 0.439 e. The summed E-state index contributed by atoms with van der Waals surface area (Å²) in [6.45, 7) is 2.38. The van der Waals surface area contributed by atoms with Crippen LogP contribution in [0.2, 0.25) is 0 Å². The van der Waals surface area contributed by atoms with Crippen LogP contribution in [0.25, 0.3) is 0 Å². The normalized spacial score (nSPS) is 15.3. The predicted octanol–water partition coefficient (Wildman–Crippen LogP) is 5.09. The summed E-state index contributed by atoms with van der Waals surface area (Å²) in [7, 11) is 0. The van der Waals surface area contributed by atoms with Gasteiger partial charge in [0, 0.05) is 24.7 Å². The minimum atomic E-state index is -4.45. The van der Waals surface area contributed by atoms with Gasteiger partial charge in [0.05, 0.1) is 5.56 Å². The highest BCUT2D eigenvalue weighted by molar-refractivity contribution is 5.76. The molecule has 0 radical (unpaired) electrons. The maximum absolute atomic E-state index is 12.8. The Morgan fingerprint density at radius 1 is 1.26 bits per heavy atom. The monoisotopic (exact) mass is 378 g/mol. The zero-order chi connectivity index (χ0) is 19.5. The van der Waals surface area contributed by atoms with Gasteiger partial charge in [0.15, 0.2) is 0 Å². The molecule has 0 atom stereocenters. The van der Waals surface area contributed by atoms with Gasteiger partial charge in [-0.05, 0) is 48.9 Å². The zero-order valence-electron chi connectivity index (χ0n) is 15.0. The lowest BCUT2D eigenvalue weighted by molar-refractivity contribution is -0.137. The van der Waals surface area contributed by atoms with E-state index in [2.05, 4.69) is 17.2 Å². The van der Waals surface area contributed by atoms with Crippen molar-refractivity contribution in [2.45, 2.75) is 45.3 Å². The second-order valence-electron chi connectivity index (χ2n) is 7.18. The van der Waals surface area contributed by atoms with Crippen LogP contribution in [-0.4, -0.2) is 10.9 Å². The number of amides is 1. The molecule has 0 saturated heterocycles. The smallest absolute Gasteiger partial charge is 0.416 e. The van der Waals surface area contributed by atoms with Crippen LogP contribution in [0.1, 0.15) is 43.7 Å². The molecule has 7 heteroatoms. The Morgan fingerprint density at radius 3 is 2.74 bits per heavy atom. The van der Waals surface area contributed by atoms with E-state index in [0.29, 0.717) is 17.4 Å². The molecular formula is C20H21F3N2O2. The number of ether oxygens (including phenoxy) is 1. The van der Waals surface area contributed by atoms with Crippen molar-refractivity contribution in [1.82, 2.24) is 10.3 Å². The summed E-state index contributed by atoms with van der Waals surface area (Å²) in [5.74, 6) is 0.154. The van der Waals surface area contributed by atoms with Gasteiger partial charge in [-0.3, -0.25) is 4.79 Å². The van der Waals surface area contributed by atoms with Gasteiger partial charge >= 0.3 is 6.18 Å². The Balaban J connectivity index is 1.63. The van der Waals surface area contributed by atoms with Crippen molar-refractivity contribution < 1.29 is 22.7 Å². The standard InChI is InChI=1S/C20H21F3N2O2/c1-19(9-10-19)8-7-17(26)25-13-14-4-3-11-24-18(14)27-16-6-2-5-15(12-16)20(21,22)23/h2-6,11-12H,7-10,13H2,1H3,(H,25,26). The number of aromatic nitrogens is 1. The van der Waals surface area contributed by atoms with Crippen molar-refractivity contribution in [1.29, 1.82) is 0 Å². The molecule has 1 heterocycles. The van der Waals surface area contributed by atoms with Crippen LogP contribution in [0.4, 0.5) is 13.2 Å². The third-order valence-electron chi connectivity index (χ3n) is 4.76. The Labute approximate surface area is 155 Å². The van der Waals surface area contributed by atoms with E-state index in [-0.39, 0.29) is 24.1 Å². The number of halogens is 3. The minimum absolute atomic E-state index is 0.0396. The van der Waals surface area contributed by atoms with Gasteiger partial charge in [0.2, 0.25) is 11.8 Å². The van der Waals surface area contributed by atoms with Gasteiger partial charge in [-0.1, -0.05) is 19.1 Å². The molecule has 27 heavy (non-hydrogen) atoms. The number of benzene rings is 1. The number of pyridine rings is 1. The average molecular weight is 378 g/mol. The van der Waals surface area contributed by atoms with E-state index in [4.69, 9.17) is 4.74 Å². The van der Waals surface area contributed by atoms with E-state index < -0.39 is 11.7 Å². The first-order chi connectivity index (χ1) is 12.8. The lowest BCUT2D eigenvalue weighted by Gasteiger charge is -2.13. The van der Waals surface area contributed by atoms with Crippen LogP contribution in [0.5, 0.6) is 11.6 Å². The first kappa shape index (κ1) is 19.2. The quantitative estimate of drug-likeness (QED) is 0.730. The van der Waals surface area contributed by atoms with Crippen molar-refractivity contribution in [2.75, 3.05) is 0 Å². The van der Waals surface area contributed by atoms with Gasteiger partial charge in [0.25, 0.3) is 0 Å². The van der Waals surface area contributed by atoms with E-state index in [0.717, 1.165) is 31.4 Å². The molecule has 4 nitrogen and oxygen atoms in total. The number of carbonyl (C=O) groups excluding carboxylic acids is 1. The second-order valence-corrected chi connectivity index (χ2v) is 7.18. The summed E-state index contributed by atoms with van der Waals surface area (Å²) < 4.78 is 44.1. The summed E-state index contributed by atoms with van der Waals surface area (Å²) in [6, 6.07) is 8.02. The molecule has 0 aliphatic heterocycles. The Bertz CT molecular complexity index is 817. The molecular weight excluding hydrogens is 357 g/mol. The second kappa shape index (κ2) is 7.58. The van der Waals surface area contributed by atoms with E-state index in [1.165, 1.54) is 18.3 Å². The fraction of sp³-hybridized carbons (Fsp3) is 0.400. The first-order valence-electron chi connectivity index (χ1n) is 8.81. The summed E-state index contributed by atoms with van der Waals surface area (Å²) in [5.41, 5.74) is 0.115. The molecule has 0 unspecified atom stereocenters. The van der Waals surface area contributed by atoms with E-state index in [1.54, 1.807) is 12.1 Å².